The van der Waals surface area contributed by atoms with Gasteiger partial charge < -0.3 is 0 Å². The summed E-state index contributed by atoms with van der Waals surface area (Å²) < 4.78 is 0. The predicted molar refractivity (Wildman–Crippen MR) is 196 cm³/mol. The third-order valence-corrected chi connectivity index (χ3v) is 9.96. The van der Waals surface area contributed by atoms with Gasteiger partial charge in [-0.3, -0.25) is 9.97 Å². The summed E-state index contributed by atoms with van der Waals surface area (Å²) in [6, 6.07) is 52.7. The second-order valence-electron chi connectivity index (χ2n) is 13.1. The van der Waals surface area contributed by atoms with Gasteiger partial charge in [-0.05, 0) is 91.7 Å². The van der Waals surface area contributed by atoms with Crippen molar-refractivity contribution in [1.82, 2.24) is 9.97 Å². The van der Waals surface area contributed by atoms with Gasteiger partial charge in [-0.25, -0.2) is 0 Å². The van der Waals surface area contributed by atoms with Crippen molar-refractivity contribution >= 4 is 21.5 Å². The fraction of sp³-hybridized carbons (Fsp3) is 0.0667. The van der Waals surface area contributed by atoms with Gasteiger partial charge in [0.25, 0.3) is 0 Å². The second kappa shape index (κ2) is 10.6. The van der Waals surface area contributed by atoms with Crippen LogP contribution in [-0.4, -0.2) is 9.97 Å². The Morgan fingerprint density at radius 3 is 1.30 bits per heavy atom. The Balaban J connectivity index is 1.08. The molecule has 0 saturated carbocycles. The minimum atomic E-state index is -0.139. The minimum Gasteiger partial charge on any atom is -0.256 e. The number of rotatable bonds is 4. The maximum atomic E-state index is 4.79. The van der Waals surface area contributed by atoms with Crippen LogP contribution in [0.15, 0.2) is 158 Å². The summed E-state index contributed by atoms with van der Waals surface area (Å²) in [5, 5.41) is 4.76. The Labute approximate surface area is 275 Å². The van der Waals surface area contributed by atoms with Gasteiger partial charge in [-0.2, -0.15) is 0 Å². The van der Waals surface area contributed by atoms with Gasteiger partial charge in [-0.1, -0.05) is 123 Å². The highest BCUT2D eigenvalue weighted by Gasteiger charge is 2.36. The molecular formula is C45H32N2. The molecule has 2 aromatic heterocycles. The number of hydrogen-bond acceptors (Lipinski definition) is 2. The first-order valence-corrected chi connectivity index (χ1v) is 16.2. The fourth-order valence-corrected chi connectivity index (χ4v) is 7.49. The van der Waals surface area contributed by atoms with Gasteiger partial charge in [0.2, 0.25) is 0 Å². The topological polar surface area (TPSA) is 25.8 Å². The molecule has 1 aliphatic rings. The molecule has 0 radical (unpaired) electrons. The number of pyridine rings is 2. The lowest BCUT2D eigenvalue weighted by molar-refractivity contribution is 0.661. The molecule has 6 aromatic carbocycles. The first-order valence-electron chi connectivity index (χ1n) is 16.2. The summed E-state index contributed by atoms with van der Waals surface area (Å²) in [5.74, 6) is 0. The molecule has 0 atom stereocenters. The van der Waals surface area contributed by atoms with Crippen LogP contribution in [0.4, 0.5) is 0 Å². The van der Waals surface area contributed by atoms with Gasteiger partial charge in [0, 0.05) is 39.7 Å². The van der Waals surface area contributed by atoms with E-state index in [1.165, 1.54) is 66.1 Å². The van der Waals surface area contributed by atoms with Crippen LogP contribution in [-0.2, 0) is 5.41 Å². The molecule has 1 aliphatic carbocycles. The van der Waals surface area contributed by atoms with Gasteiger partial charge in [0.1, 0.15) is 0 Å². The van der Waals surface area contributed by atoms with Crippen molar-refractivity contribution in [2.75, 3.05) is 0 Å². The maximum absolute atomic E-state index is 4.79. The van der Waals surface area contributed by atoms with Crippen molar-refractivity contribution in [3.63, 3.8) is 0 Å². The van der Waals surface area contributed by atoms with Crippen molar-refractivity contribution in [3.05, 3.63) is 169 Å². The average molecular weight is 601 g/mol. The molecule has 0 aliphatic heterocycles. The van der Waals surface area contributed by atoms with E-state index < -0.39 is 0 Å². The average Bonchev–Trinajstić information content (AvgIpc) is 3.36. The van der Waals surface area contributed by atoms with Crippen LogP contribution in [0, 0.1) is 0 Å². The van der Waals surface area contributed by atoms with Gasteiger partial charge in [0.05, 0.1) is 11.4 Å². The summed E-state index contributed by atoms with van der Waals surface area (Å²) >= 11 is 0. The molecule has 2 heteroatoms. The Bertz CT molecular complexity index is 2320. The first-order chi connectivity index (χ1) is 23.0. The Morgan fingerprint density at radius 2 is 0.809 bits per heavy atom. The molecule has 0 amide bonds. The fourth-order valence-electron chi connectivity index (χ4n) is 7.49. The van der Waals surface area contributed by atoms with Crippen LogP contribution >= 0.6 is 0 Å². The molecule has 0 bridgehead atoms. The summed E-state index contributed by atoms with van der Waals surface area (Å²) in [5.41, 5.74) is 14.4. The van der Waals surface area contributed by atoms with E-state index in [9.17, 15) is 0 Å². The normalized spacial score (nSPS) is 13.1. The third-order valence-electron chi connectivity index (χ3n) is 9.96. The van der Waals surface area contributed by atoms with E-state index >= 15 is 0 Å². The Hall–Kier alpha value is -5.86. The van der Waals surface area contributed by atoms with E-state index in [4.69, 9.17) is 9.97 Å². The van der Waals surface area contributed by atoms with Gasteiger partial charge in [-0.15, -0.1) is 0 Å². The highest BCUT2D eigenvalue weighted by molar-refractivity contribution is 5.96. The molecule has 8 aromatic rings. The predicted octanol–water partition coefficient (Wildman–Crippen LogP) is 11.8. The van der Waals surface area contributed by atoms with Crippen molar-refractivity contribution in [3.8, 4) is 55.9 Å². The van der Waals surface area contributed by atoms with Crippen LogP contribution < -0.4 is 0 Å². The molecule has 0 fully saturated rings. The van der Waals surface area contributed by atoms with Gasteiger partial charge in [0.15, 0.2) is 0 Å². The van der Waals surface area contributed by atoms with Crippen molar-refractivity contribution in [1.29, 1.82) is 0 Å². The highest BCUT2D eigenvalue weighted by Crippen LogP contribution is 2.51. The second-order valence-corrected chi connectivity index (χ2v) is 13.1. The van der Waals surface area contributed by atoms with Crippen LogP contribution in [0.3, 0.4) is 0 Å². The Kier molecular flexibility index (Phi) is 6.20. The lowest BCUT2D eigenvalue weighted by Crippen LogP contribution is -2.15. The molecule has 0 unspecified atom stereocenters. The molecule has 2 nitrogen and oxygen atoms in total. The summed E-state index contributed by atoms with van der Waals surface area (Å²) in [6.45, 7) is 4.72. The Morgan fingerprint density at radius 1 is 0.383 bits per heavy atom. The standard InChI is InChI=1S/C45H32N2/c1-45(2)41-27-33(31-11-7-13-35(25-31)43-37-15-5-3-9-29(37)21-23-46-43)17-19-39(41)40-20-18-34(28-42(40)45)32-12-8-14-36(26-32)44-38-16-6-4-10-30(38)22-24-47-44/h3-28H,1-2H3. The lowest BCUT2D eigenvalue weighted by atomic mass is 9.80. The number of nitrogens with zero attached hydrogens (tertiary/aromatic N) is 2. The van der Waals surface area contributed by atoms with Crippen LogP contribution in [0.5, 0.6) is 0 Å². The quantitative estimate of drug-likeness (QED) is 0.201. The van der Waals surface area contributed by atoms with E-state index in [1.807, 2.05) is 12.4 Å². The summed E-state index contributed by atoms with van der Waals surface area (Å²) in [4.78, 5) is 9.57. The SMILES string of the molecule is CC1(C)c2cc(-c3cccc(-c4nccc5ccccc45)c3)ccc2-c2ccc(-c3cccc(-c4nccc5ccccc45)c3)cc21. The van der Waals surface area contributed by atoms with Crippen LogP contribution in [0.25, 0.3) is 77.4 Å². The summed E-state index contributed by atoms with van der Waals surface area (Å²) in [7, 11) is 0. The first kappa shape index (κ1) is 27.5. The van der Waals surface area contributed by atoms with Crippen LogP contribution in [0.1, 0.15) is 25.0 Å². The van der Waals surface area contributed by atoms with Gasteiger partial charge >= 0.3 is 0 Å². The minimum absolute atomic E-state index is 0.139. The third kappa shape index (κ3) is 4.48. The molecule has 222 valence electrons. The van der Waals surface area contributed by atoms with E-state index in [1.54, 1.807) is 0 Å². The number of hydrogen-bond donors (Lipinski definition) is 0. The zero-order chi connectivity index (χ0) is 31.5. The molecule has 2 heterocycles. The van der Waals surface area contributed by atoms with E-state index in [-0.39, 0.29) is 5.41 Å². The number of aromatic nitrogens is 2. The summed E-state index contributed by atoms with van der Waals surface area (Å²) in [6.07, 6.45) is 3.81. The monoisotopic (exact) mass is 600 g/mol. The maximum Gasteiger partial charge on any atom is 0.0780 e. The van der Waals surface area contributed by atoms with E-state index in [0.29, 0.717) is 0 Å². The van der Waals surface area contributed by atoms with E-state index in [2.05, 4.69) is 159 Å². The largest absolute Gasteiger partial charge is 0.256 e. The number of benzene rings is 6. The lowest BCUT2D eigenvalue weighted by Gasteiger charge is -2.23. The highest BCUT2D eigenvalue weighted by atomic mass is 14.7. The van der Waals surface area contributed by atoms with Crippen molar-refractivity contribution in [2.45, 2.75) is 19.3 Å². The van der Waals surface area contributed by atoms with Crippen LogP contribution in [0.2, 0.25) is 0 Å². The molecule has 0 saturated heterocycles. The molecule has 0 N–H and O–H groups in total. The van der Waals surface area contributed by atoms with Crippen molar-refractivity contribution < 1.29 is 0 Å². The smallest absolute Gasteiger partial charge is 0.0780 e. The van der Waals surface area contributed by atoms with E-state index in [0.717, 1.165) is 22.5 Å². The zero-order valence-electron chi connectivity index (χ0n) is 26.4. The zero-order valence-corrected chi connectivity index (χ0v) is 26.4. The number of fused-ring (bicyclic) bond motifs is 5. The molecule has 0 spiro atoms. The molecule has 47 heavy (non-hydrogen) atoms. The molecular weight excluding hydrogens is 569 g/mol. The van der Waals surface area contributed by atoms with Crippen molar-refractivity contribution in [2.24, 2.45) is 0 Å². The molecule has 9 rings (SSSR count).